The highest BCUT2D eigenvalue weighted by Crippen LogP contribution is 2.39. The highest BCUT2D eigenvalue weighted by molar-refractivity contribution is 5.80. The molecule has 31 heavy (non-hydrogen) atoms. The summed E-state index contributed by atoms with van der Waals surface area (Å²) in [5.74, 6) is 2.80. The number of guanidine groups is 1. The maximum absolute atomic E-state index is 5.58. The Morgan fingerprint density at radius 2 is 1.77 bits per heavy atom. The Bertz CT molecular complexity index is 883. The van der Waals surface area contributed by atoms with Gasteiger partial charge in [0.05, 0.1) is 21.3 Å². The normalized spacial score (nSPS) is 16.2. The molecule has 1 aliphatic rings. The van der Waals surface area contributed by atoms with E-state index in [9.17, 15) is 0 Å². The van der Waals surface area contributed by atoms with Crippen molar-refractivity contribution in [1.29, 1.82) is 0 Å². The van der Waals surface area contributed by atoms with E-state index in [1.54, 1.807) is 28.4 Å². The Hall–Kier alpha value is -3.09. The van der Waals surface area contributed by atoms with E-state index in [2.05, 4.69) is 51.7 Å². The van der Waals surface area contributed by atoms with Crippen molar-refractivity contribution < 1.29 is 14.2 Å². The average Bonchev–Trinajstić information content (AvgIpc) is 3.26. The van der Waals surface area contributed by atoms with Gasteiger partial charge in [0, 0.05) is 44.0 Å². The SMILES string of the molecule is CN=C(NCCc1ccc(OC)c(OC)c1OC)NC1CCN(c2ccc(C)cc2)C1. The van der Waals surface area contributed by atoms with Crippen molar-refractivity contribution in [1.82, 2.24) is 10.6 Å². The Morgan fingerprint density at radius 3 is 2.42 bits per heavy atom. The summed E-state index contributed by atoms with van der Waals surface area (Å²) in [5.41, 5.74) is 3.61. The van der Waals surface area contributed by atoms with Crippen molar-refractivity contribution in [2.75, 3.05) is 52.9 Å². The van der Waals surface area contributed by atoms with Gasteiger partial charge in [0.15, 0.2) is 17.5 Å². The standard InChI is InChI=1S/C24H34N4O3/c1-17-6-9-20(10-7-17)28-15-13-19(16-28)27-24(25-2)26-14-12-18-8-11-21(29-3)23(31-5)22(18)30-4/h6-11,19H,12-16H2,1-5H3,(H2,25,26,27). The predicted octanol–water partition coefficient (Wildman–Crippen LogP) is 3.01. The Labute approximate surface area is 185 Å². The first-order valence-corrected chi connectivity index (χ1v) is 10.7. The number of aliphatic imine (C=N–C) groups is 1. The Kier molecular flexibility index (Phi) is 7.87. The molecule has 0 saturated carbocycles. The molecule has 7 heteroatoms. The van der Waals surface area contributed by atoms with Crippen LogP contribution in [0.3, 0.4) is 0 Å². The van der Waals surface area contributed by atoms with Crippen LogP contribution >= 0.6 is 0 Å². The van der Waals surface area contributed by atoms with Gasteiger partial charge in [-0.3, -0.25) is 4.99 Å². The lowest BCUT2D eigenvalue weighted by Crippen LogP contribution is -2.45. The summed E-state index contributed by atoms with van der Waals surface area (Å²) in [5, 5.41) is 6.97. The minimum Gasteiger partial charge on any atom is -0.493 e. The number of rotatable bonds is 8. The molecule has 3 rings (SSSR count). The van der Waals surface area contributed by atoms with Crippen molar-refractivity contribution in [3.8, 4) is 17.2 Å². The van der Waals surface area contributed by atoms with Crippen LogP contribution in [0.2, 0.25) is 0 Å². The van der Waals surface area contributed by atoms with Crippen LogP contribution in [0.15, 0.2) is 41.4 Å². The zero-order chi connectivity index (χ0) is 22.2. The van der Waals surface area contributed by atoms with E-state index >= 15 is 0 Å². The Morgan fingerprint density at radius 1 is 1.03 bits per heavy atom. The van der Waals surface area contributed by atoms with Gasteiger partial charge in [0.25, 0.3) is 0 Å². The molecule has 0 aliphatic carbocycles. The number of hydrogen-bond acceptors (Lipinski definition) is 5. The van der Waals surface area contributed by atoms with Gasteiger partial charge in [-0.05, 0) is 38.0 Å². The van der Waals surface area contributed by atoms with E-state index in [-0.39, 0.29) is 0 Å². The summed E-state index contributed by atoms with van der Waals surface area (Å²) in [4.78, 5) is 6.81. The van der Waals surface area contributed by atoms with Gasteiger partial charge in [-0.15, -0.1) is 0 Å². The van der Waals surface area contributed by atoms with Crippen LogP contribution in [0.1, 0.15) is 17.5 Å². The quantitative estimate of drug-likeness (QED) is 0.500. The largest absolute Gasteiger partial charge is 0.493 e. The third kappa shape index (κ3) is 5.54. The first kappa shape index (κ1) is 22.6. The maximum atomic E-state index is 5.58. The fourth-order valence-corrected chi connectivity index (χ4v) is 3.93. The third-order valence-electron chi connectivity index (χ3n) is 5.62. The second-order valence-corrected chi connectivity index (χ2v) is 7.65. The van der Waals surface area contributed by atoms with Crippen LogP contribution in [-0.4, -0.2) is 60.0 Å². The first-order valence-electron chi connectivity index (χ1n) is 10.7. The van der Waals surface area contributed by atoms with Crippen LogP contribution in [-0.2, 0) is 6.42 Å². The molecule has 2 aromatic rings. The third-order valence-corrected chi connectivity index (χ3v) is 5.62. The fourth-order valence-electron chi connectivity index (χ4n) is 3.93. The predicted molar refractivity (Wildman–Crippen MR) is 126 cm³/mol. The van der Waals surface area contributed by atoms with Crippen LogP contribution in [0, 0.1) is 6.92 Å². The fraction of sp³-hybridized carbons (Fsp3) is 0.458. The minimum atomic E-state index is 0.364. The van der Waals surface area contributed by atoms with Crippen molar-refractivity contribution in [2.24, 2.45) is 4.99 Å². The van der Waals surface area contributed by atoms with Crippen molar-refractivity contribution in [3.63, 3.8) is 0 Å². The molecule has 1 aliphatic heterocycles. The van der Waals surface area contributed by atoms with Crippen molar-refractivity contribution in [3.05, 3.63) is 47.5 Å². The zero-order valence-corrected chi connectivity index (χ0v) is 19.2. The molecule has 0 spiro atoms. The lowest BCUT2D eigenvalue weighted by atomic mass is 10.1. The van der Waals surface area contributed by atoms with Gasteiger partial charge >= 0.3 is 0 Å². The van der Waals surface area contributed by atoms with Gasteiger partial charge in [-0.25, -0.2) is 0 Å². The number of hydrogen-bond donors (Lipinski definition) is 2. The highest BCUT2D eigenvalue weighted by atomic mass is 16.5. The summed E-state index contributed by atoms with van der Waals surface area (Å²) in [7, 11) is 6.69. The number of methoxy groups -OCH3 is 3. The Balaban J connectivity index is 1.53. The molecule has 1 atom stereocenters. The lowest BCUT2D eigenvalue weighted by molar-refractivity contribution is 0.322. The summed E-state index contributed by atoms with van der Waals surface area (Å²) in [6.45, 7) is 4.85. The molecule has 0 aromatic heterocycles. The molecule has 2 N–H and O–H groups in total. The summed E-state index contributed by atoms with van der Waals surface area (Å²) in [6, 6.07) is 13.0. The molecule has 7 nitrogen and oxygen atoms in total. The molecule has 1 unspecified atom stereocenters. The number of anilines is 1. The average molecular weight is 427 g/mol. The van der Waals surface area contributed by atoms with E-state index in [0.29, 0.717) is 23.3 Å². The first-order chi connectivity index (χ1) is 15.1. The van der Waals surface area contributed by atoms with Crippen LogP contribution < -0.4 is 29.7 Å². The highest BCUT2D eigenvalue weighted by Gasteiger charge is 2.23. The monoisotopic (exact) mass is 426 g/mol. The lowest BCUT2D eigenvalue weighted by Gasteiger charge is -2.21. The molecule has 1 fully saturated rings. The van der Waals surface area contributed by atoms with Crippen LogP contribution in [0.5, 0.6) is 17.2 Å². The van der Waals surface area contributed by atoms with E-state index in [4.69, 9.17) is 14.2 Å². The molecule has 168 valence electrons. The summed E-state index contributed by atoms with van der Waals surface area (Å²) < 4.78 is 16.4. The second-order valence-electron chi connectivity index (χ2n) is 7.65. The zero-order valence-electron chi connectivity index (χ0n) is 19.2. The second kappa shape index (κ2) is 10.8. The van der Waals surface area contributed by atoms with Gasteiger partial charge in [-0.1, -0.05) is 23.8 Å². The summed E-state index contributed by atoms with van der Waals surface area (Å²) >= 11 is 0. The molecule has 2 aromatic carbocycles. The minimum absolute atomic E-state index is 0.364. The summed E-state index contributed by atoms with van der Waals surface area (Å²) in [6.07, 6.45) is 1.85. The van der Waals surface area contributed by atoms with Gasteiger partial charge < -0.3 is 29.7 Å². The number of benzene rings is 2. The maximum Gasteiger partial charge on any atom is 0.203 e. The molecule has 0 radical (unpaired) electrons. The number of nitrogens with zero attached hydrogens (tertiary/aromatic N) is 2. The van der Waals surface area contributed by atoms with Gasteiger partial charge in [0.2, 0.25) is 5.75 Å². The van der Waals surface area contributed by atoms with Gasteiger partial charge in [0.1, 0.15) is 0 Å². The molecular weight excluding hydrogens is 392 g/mol. The van der Waals surface area contributed by atoms with E-state index in [1.807, 2.05) is 12.1 Å². The van der Waals surface area contributed by atoms with Crippen LogP contribution in [0.4, 0.5) is 5.69 Å². The number of nitrogens with one attached hydrogen (secondary N) is 2. The van der Waals surface area contributed by atoms with E-state index in [0.717, 1.165) is 44.0 Å². The number of aryl methyl sites for hydroxylation is 1. The van der Waals surface area contributed by atoms with Crippen molar-refractivity contribution >= 4 is 11.6 Å². The smallest absolute Gasteiger partial charge is 0.203 e. The van der Waals surface area contributed by atoms with E-state index in [1.165, 1.54) is 11.3 Å². The molecule has 1 heterocycles. The molecule has 1 saturated heterocycles. The van der Waals surface area contributed by atoms with E-state index < -0.39 is 0 Å². The van der Waals surface area contributed by atoms with Crippen LogP contribution in [0.25, 0.3) is 0 Å². The van der Waals surface area contributed by atoms with Crippen molar-refractivity contribution in [2.45, 2.75) is 25.8 Å². The molecule has 0 amide bonds. The molecule has 0 bridgehead atoms. The van der Waals surface area contributed by atoms with Gasteiger partial charge in [-0.2, -0.15) is 0 Å². The topological polar surface area (TPSA) is 67.4 Å². The molecular formula is C24H34N4O3. The number of ether oxygens (including phenoxy) is 3.